The van der Waals surface area contributed by atoms with Crippen molar-refractivity contribution in [3.8, 4) is 11.5 Å². The maximum Gasteiger partial charge on any atom is 0.223 e. The summed E-state index contributed by atoms with van der Waals surface area (Å²) >= 11 is 0. The molecular weight excluding hydrogens is 380 g/mol. The highest BCUT2D eigenvalue weighted by atomic mass is 35.5. The fraction of sp³-hybridized carbons (Fsp3) is 0.588. The Morgan fingerprint density at radius 1 is 1.19 bits per heavy atom. The van der Waals surface area contributed by atoms with Gasteiger partial charge in [-0.3, -0.25) is 4.79 Å². The Hall–Kier alpha value is -1.51. The molecule has 0 saturated carbocycles. The average Bonchev–Trinajstić information content (AvgIpc) is 2.65. The number of carbonyl (C=O) groups is 1. The number of carbonyl (C=O) groups excluding carboxylic acids is 1. The number of fused-ring (bicyclic) bond motifs is 1. The van der Waals surface area contributed by atoms with Gasteiger partial charge in [-0.15, -0.1) is 12.4 Å². The standard InChI is InChI=1S/C17H24N2O5S.ClH/c18-12-13-3-1-2-7-19(13)17(20)6-10-25(21,22)14-4-5-15-16(11-14)24-9-8-23-15;/h4-5,11,13H,1-3,6-10,12,18H2;1H. The summed E-state index contributed by atoms with van der Waals surface area (Å²) in [7, 11) is -3.57. The Balaban J connectivity index is 0.00000243. The zero-order valence-electron chi connectivity index (χ0n) is 14.6. The van der Waals surface area contributed by atoms with E-state index in [4.69, 9.17) is 15.2 Å². The number of halogens is 1. The summed E-state index contributed by atoms with van der Waals surface area (Å²) < 4.78 is 36.0. The third kappa shape index (κ3) is 4.61. The van der Waals surface area contributed by atoms with E-state index in [1.54, 1.807) is 11.0 Å². The molecule has 0 bridgehead atoms. The zero-order valence-corrected chi connectivity index (χ0v) is 16.2. The molecular formula is C17H25ClN2O5S. The van der Waals surface area contributed by atoms with Gasteiger partial charge in [0, 0.05) is 31.6 Å². The van der Waals surface area contributed by atoms with Gasteiger partial charge in [-0.1, -0.05) is 0 Å². The van der Waals surface area contributed by atoms with Crippen LogP contribution in [-0.2, 0) is 14.6 Å². The summed E-state index contributed by atoms with van der Waals surface area (Å²) in [5.74, 6) is 0.605. The number of piperidine rings is 1. The van der Waals surface area contributed by atoms with Crippen LogP contribution in [0.1, 0.15) is 25.7 Å². The molecule has 1 aromatic rings. The van der Waals surface area contributed by atoms with E-state index in [1.807, 2.05) is 0 Å². The monoisotopic (exact) mass is 404 g/mol. The van der Waals surface area contributed by atoms with Gasteiger partial charge < -0.3 is 20.1 Å². The molecule has 146 valence electrons. The summed E-state index contributed by atoms with van der Waals surface area (Å²) in [5.41, 5.74) is 5.73. The minimum atomic E-state index is -3.57. The third-order valence-corrected chi connectivity index (χ3v) is 6.39. The molecule has 2 aliphatic rings. The Labute approximate surface area is 160 Å². The maximum atomic E-state index is 12.6. The van der Waals surface area contributed by atoms with Gasteiger partial charge >= 0.3 is 0 Å². The van der Waals surface area contributed by atoms with Gasteiger partial charge in [-0.05, 0) is 31.4 Å². The van der Waals surface area contributed by atoms with Crippen LogP contribution in [0.2, 0.25) is 0 Å². The maximum absolute atomic E-state index is 12.6. The first-order valence-corrected chi connectivity index (χ1v) is 10.3. The number of likely N-dealkylation sites (tertiary alicyclic amines) is 1. The van der Waals surface area contributed by atoms with Crippen molar-refractivity contribution in [2.45, 2.75) is 36.6 Å². The van der Waals surface area contributed by atoms with Crippen molar-refractivity contribution in [3.63, 3.8) is 0 Å². The van der Waals surface area contributed by atoms with Crippen LogP contribution >= 0.6 is 12.4 Å². The molecule has 2 N–H and O–H groups in total. The number of nitrogens with two attached hydrogens (primary N) is 1. The van der Waals surface area contributed by atoms with E-state index >= 15 is 0 Å². The fourth-order valence-corrected chi connectivity index (χ4v) is 4.52. The second-order valence-corrected chi connectivity index (χ2v) is 8.46. The molecule has 1 aromatic carbocycles. The Bertz CT molecular complexity index is 741. The number of rotatable bonds is 5. The van der Waals surface area contributed by atoms with Crippen molar-refractivity contribution in [3.05, 3.63) is 18.2 Å². The minimum Gasteiger partial charge on any atom is -0.486 e. The second-order valence-electron chi connectivity index (χ2n) is 6.35. The highest BCUT2D eigenvalue weighted by Gasteiger charge is 2.27. The van der Waals surface area contributed by atoms with E-state index in [0.29, 0.717) is 37.8 Å². The highest BCUT2D eigenvalue weighted by molar-refractivity contribution is 7.91. The summed E-state index contributed by atoms with van der Waals surface area (Å²) in [4.78, 5) is 14.3. The number of benzene rings is 1. The Morgan fingerprint density at radius 2 is 1.92 bits per heavy atom. The largest absolute Gasteiger partial charge is 0.486 e. The van der Waals surface area contributed by atoms with Crippen molar-refractivity contribution in [2.75, 3.05) is 32.1 Å². The summed E-state index contributed by atoms with van der Waals surface area (Å²) in [5, 5.41) is 0. The molecule has 0 aliphatic carbocycles. The molecule has 1 atom stereocenters. The van der Waals surface area contributed by atoms with E-state index in [1.165, 1.54) is 12.1 Å². The van der Waals surface area contributed by atoms with Crippen molar-refractivity contribution >= 4 is 28.2 Å². The van der Waals surface area contributed by atoms with Crippen LogP contribution in [0.4, 0.5) is 0 Å². The van der Waals surface area contributed by atoms with E-state index in [0.717, 1.165) is 19.3 Å². The van der Waals surface area contributed by atoms with Gasteiger partial charge in [0.1, 0.15) is 13.2 Å². The van der Waals surface area contributed by atoms with Crippen LogP contribution in [-0.4, -0.2) is 57.3 Å². The number of nitrogens with zero attached hydrogens (tertiary/aromatic N) is 1. The lowest BCUT2D eigenvalue weighted by Gasteiger charge is -2.35. The molecule has 2 heterocycles. The first kappa shape index (κ1) is 20.8. The number of hydrogen-bond acceptors (Lipinski definition) is 6. The summed E-state index contributed by atoms with van der Waals surface area (Å²) in [6, 6.07) is 4.59. The normalized spacial score (nSPS) is 19.6. The van der Waals surface area contributed by atoms with Crippen molar-refractivity contribution in [1.29, 1.82) is 0 Å². The Morgan fingerprint density at radius 3 is 2.65 bits per heavy atom. The molecule has 1 saturated heterocycles. The quantitative estimate of drug-likeness (QED) is 0.796. The molecule has 0 radical (unpaired) electrons. The van der Waals surface area contributed by atoms with Crippen LogP contribution in [0.25, 0.3) is 0 Å². The lowest BCUT2D eigenvalue weighted by molar-refractivity contribution is -0.134. The van der Waals surface area contributed by atoms with Crippen molar-refractivity contribution in [2.24, 2.45) is 5.73 Å². The molecule has 7 nitrogen and oxygen atoms in total. The highest BCUT2D eigenvalue weighted by Crippen LogP contribution is 2.32. The Kier molecular flexibility index (Phi) is 7.14. The van der Waals surface area contributed by atoms with Gasteiger partial charge in [-0.25, -0.2) is 8.42 Å². The van der Waals surface area contributed by atoms with Gasteiger partial charge in [0.25, 0.3) is 0 Å². The van der Waals surface area contributed by atoms with Crippen LogP contribution in [0.5, 0.6) is 11.5 Å². The van der Waals surface area contributed by atoms with Crippen LogP contribution in [0.3, 0.4) is 0 Å². The topological polar surface area (TPSA) is 98.9 Å². The molecule has 1 amide bonds. The number of hydrogen-bond donors (Lipinski definition) is 1. The van der Waals surface area contributed by atoms with E-state index < -0.39 is 9.84 Å². The third-order valence-electron chi connectivity index (χ3n) is 4.68. The van der Waals surface area contributed by atoms with E-state index in [9.17, 15) is 13.2 Å². The molecule has 1 fully saturated rings. The first-order valence-electron chi connectivity index (χ1n) is 8.63. The average molecular weight is 405 g/mol. The van der Waals surface area contributed by atoms with Gasteiger partial charge in [0.2, 0.25) is 5.91 Å². The molecule has 3 rings (SSSR count). The molecule has 26 heavy (non-hydrogen) atoms. The molecule has 9 heteroatoms. The van der Waals surface area contributed by atoms with Crippen molar-refractivity contribution in [1.82, 2.24) is 4.90 Å². The zero-order chi connectivity index (χ0) is 17.9. The number of sulfone groups is 1. The first-order chi connectivity index (χ1) is 12.0. The van der Waals surface area contributed by atoms with Crippen LogP contribution < -0.4 is 15.2 Å². The predicted octanol–water partition coefficient (Wildman–Crippen LogP) is 1.38. The predicted molar refractivity (Wildman–Crippen MR) is 99.8 cm³/mol. The summed E-state index contributed by atoms with van der Waals surface area (Å²) in [6.45, 7) is 1.92. The molecule has 1 unspecified atom stereocenters. The molecule has 0 aromatic heterocycles. The number of ether oxygens (including phenoxy) is 2. The minimum absolute atomic E-state index is 0. The lowest BCUT2D eigenvalue weighted by Crippen LogP contribution is -2.47. The van der Waals surface area contributed by atoms with E-state index in [-0.39, 0.29) is 41.4 Å². The molecule has 0 spiro atoms. The SMILES string of the molecule is Cl.NCC1CCCCN1C(=O)CCS(=O)(=O)c1ccc2c(c1)OCCO2. The van der Waals surface area contributed by atoms with Gasteiger partial charge in [0.15, 0.2) is 21.3 Å². The van der Waals surface area contributed by atoms with Gasteiger partial charge in [0.05, 0.1) is 10.6 Å². The van der Waals surface area contributed by atoms with Crippen molar-refractivity contribution < 1.29 is 22.7 Å². The number of amides is 1. The van der Waals surface area contributed by atoms with Crippen LogP contribution in [0, 0.1) is 0 Å². The van der Waals surface area contributed by atoms with Crippen LogP contribution in [0.15, 0.2) is 23.1 Å². The smallest absolute Gasteiger partial charge is 0.223 e. The molecule has 2 aliphatic heterocycles. The second kappa shape index (κ2) is 8.92. The van der Waals surface area contributed by atoms with E-state index in [2.05, 4.69) is 0 Å². The van der Waals surface area contributed by atoms with Gasteiger partial charge in [-0.2, -0.15) is 0 Å². The lowest BCUT2D eigenvalue weighted by atomic mass is 10.0. The fourth-order valence-electron chi connectivity index (χ4n) is 3.27. The summed E-state index contributed by atoms with van der Waals surface area (Å²) in [6.07, 6.45) is 2.85.